The topological polar surface area (TPSA) is 97.0 Å². The molecule has 0 saturated heterocycles. The Kier molecular flexibility index (Phi) is 4.83. The number of amides is 1. The Morgan fingerprint density at radius 1 is 1.21 bits per heavy atom. The van der Waals surface area contributed by atoms with Gasteiger partial charge in [0.15, 0.2) is 5.82 Å². The fraction of sp³-hybridized carbons (Fsp3) is 0.375. The number of hydrogen-bond donors (Lipinski definition) is 2. The van der Waals surface area contributed by atoms with E-state index in [-0.39, 0.29) is 29.6 Å². The van der Waals surface area contributed by atoms with Crippen LogP contribution in [-0.2, 0) is 0 Å². The van der Waals surface area contributed by atoms with Crippen LogP contribution < -0.4 is 15.6 Å². The molecule has 0 radical (unpaired) electrons. The molecule has 0 aliphatic heterocycles. The summed E-state index contributed by atoms with van der Waals surface area (Å²) < 4.78 is 18.4. The Hall–Kier alpha value is -2.77. The van der Waals surface area contributed by atoms with E-state index in [4.69, 9.17) is 4.74 Å². The zero-order valence-electron chi connectivity index (χ0n) is 12.9. The molecule has 1 aliphatic carbocycles. The minimum atomic E-state index is -0.504. The van der Waals surface area contributed by atoms with Crippen molar-refractivity contribution < 1.29 is 13.9 Å². The van der Waals surface area contributed by atoms with Crippen LogP contribution in [0, 0.1) is 5.82 Å². The molecule has 2 N–H and O–H groups in total. The van der Waals surface area contributed by atoms with Crippen molar-refractivity contribution in [1.29, 1.82) is 0 Å². The maximum absolute atomic E-state index is 12.8. The summed E-state index contributed by atoms with van der Waals surface area (Å²) in [7, 11) is 0. The van der Waals surface area contributed by atoms with Gasteiger partial charge in [-0.3, -0.25) is 9.59 Å². The van der Waals surface area contributed by atoms with Gasteiger partial charge < -0.3 is 15.0 Å². The SMILES string of the molecule is O=C(NC1CCC(Oc2ncc(F)cn2)CC1)c1ccc(=O)[nH]c1. The van der Waals surface area contributed by atoms with Gasteiger partial charge in [-0.15, -0.1) is 0 Å². The third-order valence-electron chi connectivity index (χ3n) is 3.92. The molecular formula is C16H17FN4O3. The molecule has 1 fully saturated rings. The van der Waals surface area contributed by atoms with E-state index in [0.717, 1.165) is 38.1 Å². The van der Waals surface area contributed by atoms with Crippen LogP contribution in [0.25, 0.3) is 0 Å². The first kappa shape index (κ1) is 16.1. The smallest absolute Gasteiger partial charge is 0.316 e. The van der Waals surface area contributed by atoms with Crippen LogP contribution in [0.3, 0.4) is 0 Å². The zero-order valence-corrected chi connectivity index (χ0v) is 12.9. The Labute approximate surface area is 137 Å². The van der Waals surface area contributed by atoms with Crippen LogP contribution >= 0.6 is 0 Å². The normalized spacial score (nSPS) is 20.4. The lowest BCUT2D eigenvalue weighted by Crippen LogP contribution is -2.40. The number of ether oxygens (including phenoxy) is 1. The predicted octanol–water partition coefficient (Wildman–Crippen LogP) is 1.42. The molecule has 0 unspecified atom stereocenters. The highest BCUT2D eigenvalue weighted by Crippen LogP contribution is 2.22. The van der Waals surface area contributed by atoms with Gasteiger partial charge in [0, 0.05) is 18.3 Å². The van der Waals surface area contributed by atoms with E-state index >= 15 is 0 Å². The van der Waals surface area contributed by atoms with Gasteiger partial charge in [-0.2, -0.15) is 0 Å². The van der Waals surface area contributed by atoms with E-state index in [1.165, 1.54) is 18.3 Å². The van der Waals surface area contributed by atoms with Crippen LogP contribution in [0.5, 0.6) is 6.01 Å². The van der Waals surface area contributed by atoms with E-state index in [1.807, 2.05) is 0 Å². The van der Waals surface area contributed by atoms with Crippen molar-refractivity contribution in [2.45, 2.75) is 37.8 Å². The Balaban J connectivity index is 1.48. The molecule has 1 saturated carbocycles. The molecule has 0 spiro atoms. The predicted molar refractivity (Wildman–Crippen MR) is 83.2 cm³/mol. The summed E-state index contributed by atoms with van der Waals surface area (Å²) in [6.07, 6.45) is 6.52. The molecule has 1 amide bonds. The lowest BCUT2D eigenvalue weighted by Gasteiger charge is -2.28. The standard InChI is InChI=1S/C16H17FN4O3/c17-11-8-19-16(20-9-11)24-13-4-2-12(3-5-13)21-15(23)10-1-6-14(22)18-7-10/h1,6-9,12-13H,2-5H2,(H,18,22)(H,21,23). The number of carbonyl (C=O) groups is 1. The van der Waals surface area contributed by atoms with Gasteiger partial charge in [-0.1, -0.05) is 0 Å². The second-order valence-corrected chi connectivity index (χ2v) is 5.69. The van der Waals surface area contributed by atoms with Crippen LogP contribution in [0.4, 0.5) is 4.39 Å². The molecule has 126 valence electrons. The quantitative estimate of drug-likeness (QED) is 0.883. The number of nitrogens with zero attached hydrogens (tertiary/aromatic N) is 2. The summed E-state index contributed by atoms with van der Waals surface area (Å²) in [6, 6.07) is 3.03. The number of aromatic nitrogens is 3. The lowest BCUT2D eigenvalue weighted by atomic mass is 9.93. The maximum Gasteiger partial charge on any atom is 0.316 e. The molecule has 2 heterocycles. The van der Waals surface area contributed by atoms with Crippen LogP contribution in [0.15, 0.2) is 35.5 Å². The van der Waals surface area contributed by atoms with Crippen LogP contribution in [0.1, 0.15) is 36.0 Å². The number of halogens is 1. The number of pyridine rings is 1. The minimum Gasteiger partial charge on any atom is -0.460 e. The van der Waals surface area contributed by atoms with Gasteiger partial charge in [-0.05, 0) is 31.7 Å². The monoisotopic (exact) mass is 332 g/mol. The summed E-state index contributed by atoms with van der Waals surface area (Å²) in [5.41, 5.74) is 0.180. The lowest BCUT2D eigenvalue weighted by molar-refractivity contribution is 0.0884. The Morgan fingerprint density at radius 3 is 2.54 bits per heavy atom. The van der Waals surface area contributed by atoms with Gasteiger partial charge in [0.1, 0.15) is 6.10 Å². The summed E-state index contributed by atoms with van der Waals surface area (Å²) in [5, 5.41) is 2.95. The highest BCUT2D eigenvalue weighted by Gasteiger charge is 2.24. The number of rotatable bonds is 4. The number of hydrogen-bond acceptors (Lipinski definition) is 5. The Bertz CT molecular complexity index is 734. The highest BCUT2D eigenvalue weighted by molar-refractivity contribution is 5.93. The third kappa shape index (κ3) is 4.15. The van der Waals surface area contributed by atoms with Crippen molar-refractivity contribution in [3.05, 3.63) is 52.5 Å². The fourth-order valence-corrected chi connectivity index (χ4v) is 2.66. The number of carbonyl (C=O) groups excluding carboxylic acids is 1. The van der Waals surface area contributed by atoms with Crippen molar-refractivity contribution in [3.63, 3.8) is 0 Å². The minimum absolute atomic E-state index is 0.0447. The van der Waals surface area contributed by atoms with E-state index in [1.54, 1.807) is 0 Å². The molecule has 0 bridgehead atoms. The molecule has 8 heteroatoms. The van der Waals surface area contributed by atoms with Crippen molar-refractivity contribution >= 4 is 5.91 Å². The van der Waals surface area contributed by atoms with E-state index < -0.39 is 5.82 Å². The van der Waals surface area contributed by atoms with Gasteiger partial charge in [0.05, 0.1) is 18.0 Å². The van der Waals surface area contributed by atoms with E-state index in [2.05, 4.69) is 20.3 Å². The molecule has 7 nitrogen and oxygen atoms in total. The highest BCUT2D eigenvalue weighted by atomic mass is 19.1. The summed E-state index contributed by atoms with van der Waals surface area (Å²) in [5.74, 6) is -0.714. The molecule has 3 rings (SSSR count). The maximum atomic E-state index is 12.8. The van der Waals surface area contributed by atoms with Gasteiger partial charge in [0.25, 0.3) is 5.91 Å². The molecule has 24 heavy (non-hydrogen) atoms. The van der Waals surface area contributed by atoms with E-state index in [0.29, 0.717) is 5.56 Å². The average Bonchev–Trinajstić information content (AvgIpc) is 2.59. The summed E-state index contributed by atoms with van der Waals surface area (Å²) in [4.78, 5) is 33.2. The fourth-order valence-electron chi connectivity index (χ4n) is 2.66. The van der Waals surface area contributed by atoms with Gasteiger partial charge >= 0.3 is 6.01 Å². The summed E-state index contributed by atoms with van der Waals surface area (Å²) >= 11 is 0. The molecule has 1 aliphatic rings. The Morgan fingerprint density at radius 2 is 1.92 bits per heavy atom. The van der Waals surface area contributed by atoms with Crippen LogP contribution in [0.2, 0.25) is 0 Å². The van der Waals surface area contributed by atoms with Crippen molar-refractivity contribution in [2.75, 3.05) is 0 Å². The van der Waals surface area contributed by atoms with Crippen molar-refractivity contribution in [1.82, 2.24) is 20.3 Å². The largest absolute Gasteiger partial charge is 0.460 e. The van der Waals surface area contributed by atoms with E-state index in [9.17, 15) is 14.0 Å². The second kappa shape index (κ2) is 7.20. The summed E-state index contributed by atoms with van der Waals surface area (Å²) in [6.45, 7) is 0. The van der Waals surface area contributed by atoms with Crippen molar-refractivity contribution in [2.24, 2.45) is 0 Å². The molecule has 2 aromatic rings. The number of aromatic amines is 1. The molecule has 0 aromatic carbocycles. The molecule has 0 atom stereocenters. The van der Waals surface area contributed by atoms with Gasteiger partial charge in [0.2, 0.25) is 5.56 Å². The number of nitrogens with one attached hydrogen (secondary N) is 2. The first-order chi connectivity index (χ1) is 11.6. The molecular weight excluding hydrogens is 315 g/mol. The third-order valence-corrected chi connectivity index (χ3v) is 3.92. The van der Waals surface area contributed by atoms with Crippen molar-refractivity contribution in [3.8, 4) is 6.01 Å². The first-order valence-corrected chi connectivity index (χ1v) is 7.74. The zero-order chi connectivity index (χ0) is 16.9. The number of H-pyrrole nitrogens is 1. The van der Waals surface area contributed by atoms with Crippen LogP contribution in [-0.4, -0.2) is 33.0 Å². The van der Waals surface area contributed by atoms with Gasteiger partial charge in [-0.25, -0.2) is 14.4 Å². The second-order valence-electron chi connectivity index (χ2n) is 5.69. The average molecular weight is 332 g/mol. The first-order valence-electron chi connectivity index (χ1n) is 7.74. The molecule has 2 aromatic heterocycles.